The molecule has 0 aliphatic carbocycles. The second-order valence-electron chi connectivity index (χ2n) is 4.12. The van der Waals surface area contributed by atoms with Crippen LogP contribution in [0, 0.1) is 0 Å². The van der Waals surface area contributed by atoms with Gasteiger partial charge in [0.05, 0.1) is 19.5 Å². The first-order chi connectivity index (χ1) is 8.27. The molecule has 2 rings (SSSR count). The van der Waals surface area contributed by atoms with E-state index in [1.165, 1.54) is 0 Å². The fourth-order valence-corrected chi connectivity index (χ4v) is 2.01. The van der Waals surface area contributed by atoms with Gasteiger partial charge in [-0.25, -0.2) is 4.98 Å². The van der Waals surface area contributed by atoms with Crippen LogP contribution in [-0.4, -0.2) is 57.9 Å². The van der Waals surface area contributed by atoms with E-state index in [4.69, 9.17) is 9.84 Å². The quantitative estimate of drug-likeness (QED) is 0.787. The number of aryl methyl sites for hydroxylation is 1. The second-order valence-corrected chi connectivity index (χ2v) is 4.12. The summed E-state index contributed by atoms with van der Waals surface area (Å²) in [5.41, 5.74) is 0. The molecule has 0 radical (unpaired) electrons. The lowest BCUT2D eigenvalue weighted by Gasteiger charge is -2.32. The third-order valence-electron chi connectivity index (χ3n) is 2.95. The van der Waals surface area contributed by atoms with E-state index in [2.05, 4.69) is 4.98 Å². The average Bonchev–Trinajstić information content (AvgIpc) is 2.82. The summed E-state index contributed by atoms with van der Waals surface area (Å²) in [6.07, 6.45) is 6.34. The lowest BCUT2D eigenvalue weighted by molar-refractivity contribution is -0.149. The summed E-state index contributed by atoms with van der Waals surface area (Å²) in [5.74, 6) is -0.799. The highest BCUT2D eigenvalue weighted by Gasteiger charge is 2.28. The van der Waals surface area contributed by atoms with Crippen molar-refractivity contribution in [3.05, 3.63) is 18.7 Å². The van der Waals surface area contributed by atoms with E-state index in [0.29, 0.717) is 19.8 Å². The number of imidazole rings is 1. The molecule has 1 aromatic heterocycles. The van der Waals surface area contributed by atoms with E-state index >= 15 is 0 Å². The fraction of sp³-hybridized carbons (Fsp3) is 0.636. The van der Waals surface area contributed by atoms with Gasteiger partial charge in [0, 0.05) is 32.0 Å². The first-order valence-electron chi connectivity index (χ1n) is 5.78. The maximum absolute atomic E-state index is 11.0. The molecular formula is C11H17N3O3. The Morgan fingerprint density at radius 3 is 3.12 bits per heavy atom. The number of carboxylic acids is 1. The Hall–Kier alpha value is -1.40. The summed E-state index contributed by atoms with van der Waals surface area (Å²) in [4.78, 5) is 17.0. The van der Waals surface area contributed by atoms with Crippen molar-refractivity contribution in [3.63, 3.8) is 0 Å². The maximum Gasteiger partial charge on any atom is 0.323 e. The van der Waals surface area contributed by atoms with E-state index in [9.17, 15) is 4.79 Å². The van der Waals surface area contributed by atoms with Crippen LogP contribution in [0.3, 0.4) is 0 Å². The normalized spacial score (nSPS) is 21.5. The van der Waals surface area contributed by atoms with Crippen LogP contribution < -0.4 is 0 Å². The van der Waals surface area contributed by atoms with Crippen molar-refractivity contribution in [2.24, 2.45) is 0 Å². The molecule has 0 spiro atoms. The number of hydrogen-bond acceptors (Lipinski definition) is 4. The smallest absolute Gasteiger partial charge is 0.323 e. The summed E-state index contributed by atoms with van der Waals surface area (Å²) in [6.45, 7) is 3.25. The van der Waals surface area contributed by atoms with Gasteiger partial charge in [-0.1, -0.05) is 0 Å². The van der Waals surface area contributed by atoms with Crippen LogP contribution in [0.2, 0.25) is 0 Å². The van der Waals surface area contributed by atoms with Crippen molar-refractivity contribution < 1.29 is 14.6 Å². The highest BCUT2D eigenvalue weighted by molar-refractivity contribution is 5.73. The minimum Gasteiger partial charge on any atom is -0.480 e. The maximum atomic E-state index is 11.0. The number of ether oxygens (including phenoxy) is 1. The van der Waals surface area contributed by atoms with Crippen LogP contribution >= 0.6 is 0 Å². The van der Waals surface area contributed by atoms with Gasteiger partial charge in [0.1, 0.15) is 6.04 Å². The van der Waals surface area contributed by atoms with E-state index in [-0.39, 0.29) is 0 Å². The number of aromatic nitrogens is 2. The van der Waals surface area contributed by atoms with Gasteiger partial charge in [-0.3, -0.25) is 9.69 Å². The molecule has 1 saturated heterocycles. The molecule has 1 aliphatic heterocycles. The molecule has 0 amide bonds. The third-order valence-corrected chi connectivity index (χ3v) is 2.95. The summed E-state index contributed by atoms with van der Waals surface area (Å²) in [7, 11) is 0. The van der Waals surface area contributed by atoms with Crippen LogP contribution in [0.4, 0.5) is 0 Å². The monoisotopic (exact) mass is 239 g/mol. The van der Waals surface area contributed by atoms with E-state index < -0.39 is 12.0 Å². The van der Waals surface area contributed by atoms with Crippen LogP contribution in [0.25, 0.3) is 0 Å². The molecule has 1 N–H and O–H groups in total. The molecule has 0 saturated carbocycles. The van der Waals surface area contributed by atoms with Gasteiger partial charge < -0.3 is 14.4 Å². The SMILES string of the molecule is O=C(O)C1COCCN1CCCn1ccnc1. The number of carbonyl (C=O) groups is 1. The molecule has 1 aliphatic rings. The van der Waals surface area contributed by atoms with Gasteiger partial charge in [0.2, 0.25) is 0 Å². The van der Waals surface area contributed by atoms with Gasteiger partial charge in [-0.15, -0.1) is 0 Å². The standard InChI is InChI=1S/C11H17N3O3/c15-11(16)10-8-17-7-6-14(10)4-1-3-13-5-2-12-9-13/h2,5,9-10H,1,3-4,6-8H2,(H,15,16). The number of rotatable bonds is 5. The Morgan fingerprint density at radius 2 is 2.41 bits per heavy atom. The molecule has 1 unspecified atom stereocenters. The zero-order chi connectivity index (χ0) is 12.1. The summed E-state index contributed by atoms with van der Waals surface area (Å²) < 4.78 is 7.18. The first kappa shape index (κ1) is 12.1. The Bertz CT molecular complexity index is 353. The number of hydrogen-bond donors (Lipinski definition) is 1. The van der Waals surface area contributed by atoms with Gasteiger partial charge in [0.25, 0.3) is 0 Å². The lowest BCUT2D eigenvalue weighted by atomic mass is 10.2. The Labute approximate surface area is 99.8 Å². The average molecular weight is 239 g/mol. The van der Waals surface area contributed by atoms with Gasteiger partial charge in [-0.05, 0) is 6.42 Å². The number of morpholine rings is 1. The molecular weight excluding hydrogens is 222 g/mol. The van der Waals surface area contributed by atoms with E-state index in [0.717, 1.165) is 19.5 Å². The Morgan fingerprint density at radius 1 is 1.53 bits per heavy atom. The van der Waals surface area contributed by atoms with Gasteiger partial charge in [-0.2, -0.15) is 0 Å². The number of nitrogens with zero attached hydrogens (tertiary/aromatic N) is 3. The predicted octanol–water partition coefficient (Wildman–Crippen LogP) is 0.0586. The van der Waals surface area contributed by atoms with Crippen molar-refractivity contribution >= 4 is 5.97 Å². The minimum absolute atomic E-state index is 0.292. The summed E-state index contributed by atoms with van der Waals surface area (Å²) in [5, 5.41) is 9.06. The molecule has 1 fully saturated rings. The van der Waals surface area contributed by atoms with Crippen LogP contribution in [0.1, 0.15) is 6.42 Å². The van der Waals surface area contributed by atoms with Crippen molar-refractivity contribution in [1.29, 1.82) is 0 Å². The number of carboxylic acid groups (broad SMARTS) is 1. The second kappa shape index (κ2) is 5.79. The molecule has 6 heteroatoms. The summed E-state index contributed by atoms with van der Waals surface area (Å²) >= 11 is 0. The van der Waals surface area contributed by atoms with Crippen LogP contribution in [-0.2, 0) is 16.1 Å². The molecule has 6 nitrogen and oxygen atoms in total. The highest BCUT2D eigenvalue weighted by atomic mass is 16.5. The number of aliphatic carboxylic acids is 1. The largest absolute Gasteiger partial charge is 0.480 e. The molecule has 0 bridgehead atoms. The lowest BCUT2D eigenvalue weighted by Crippen LogP contribution is -2.50. The summed E-state index contributed by atoms with van der Waals surface area (Å²) in [6, 6.07) is -0.494. The molecule has 2 heterocycles. The van der Waals surface area contributed by atoms with Crippen LogP contribution in [0.15, 0.2) is 18.7 Å². The van der Waals surface area contributed by atoms with E-state index in [1.807, 2.05) is 15.7 Å². The molecule has 1 atom stereocenters. The zero-order valence-electron chi connectivity index (χ0n) is 9.66. The molecule has 1 aromatic rings. The first-order valence-corrected chi connectivity index (χ1v) is 5.78. The predicted molar refractivity (Wildman–Crippen MR) is 60.7 cm³/mol. The zero-order valence-corrected chi connectivity index (χ0v) is 9.66. The van der Waals surface area contributed by atoms with Gasteiger partial charge >= 0.3 is 5.97 Å². The van der Waals surface area contributed by atoms with Crippen LogP contribution in [0.5, 0.6) is 0 Å². The fourth-order valence-electron chi connectivity index (χ4n) is 2.01. The Balaban J connectivity index is 1.78. The van der Waals surface area contributed by atoms with Gasteiger partial charge in [0.15, 0.2) is 0 Å². The van der Waals surface area contributed by atoms with Crippen molar-refractivity contribution in [2.45, 2.75) is 19.0 Å². The van der Waals surface area contributed by atoms with Crippen molar-refractivity contribution in [2.75, 3.05) is 26.3 Å². The minimum atomic E-state index is -0.799. The third kappa shape index (κ3) is 3.28. The Kier molecular flexibility index (Phi) is 4.11. The molecule has 94 valence electrons. The highest BCUT2D eigenvalue weighted by Crippen LogP contribution is 2.08. The van der Waals surface area contributed by atoms with E-state index in [1.54, 1.807) is 12.5 Å². The topological polar surface area (TPSA) is 67.6 Å². The van der Waals surface area contributed by atoms with Crippen molar-refractivity contribution in [1.82, 2.24) is 14.5 Å². The molecule has 0 aromatic carbocycles. The van der Waals surface area contributed by atoms with Crippen molar-refractivity contribution in [3.8, 4) is 0 Å². The molecule has 17 heavy (non-hydrogen) atoms.